The molecular weight excluding hydrogens is 366 g/mol. The number of sulfonamides is 1. The van der Waals surface area contributed by atoms with Crippen LogP contribution in [-0.4, -0.2) is 31.5 Å². The first kappa shape index (κ1) is 18.7. The lowest BCUT2D eigenvalue weighted by Crippen LogP contribution is -2.23. The molecule has 3 rings (SSSR count). The Labute approximate surface area is 157 Å². The molecule has 1 aromatic carbocycles. The Balaban J connectivity index is 1.80. The van der Waals surface area contributed by atoms with Crippen LogP contribution in [0.25, 0.3) is 11.3 Å². The van der Waals surface area contributed by atoms with Crippen molar-refractivity contribution in [3.8, 4) is 11.3 Å². The van der Waals surface area contributed by atoms with E-state index in [0.29, 0.717) is 5.69 Å². The van der Waals surface area contributed by atoms with Gasteiger partial charge < -0.3 is 4.74 Å². The van der Waals surface area contributed by atoms with Crippen LogP contribution in [0.15, 0.2) is 72.0 Å². The predicted molar refractivity (Wildman–Crippen MR) is 99.3 cm³/mol. The molecule has 0 unspecified atom stereocenters. The van der Waals surface area contributed by atoms with Crippen molar-refractivity contribution in [2.24, 2.45) is 0 Å². The molecule has 7 nitrogen and oxygen atoms in total. The molecule has 1 N–H and O–H groups in total. The Morgan fingerprint density at radius 2 is 1.81 bits per heavy atom. The van der Waals surface area contributed by atoms with Gasteiger partial charge in [-0.15, -0.1) is 0 Å². The Morgan fingerprint density at radius 3 is 2.48 bits per heavy atom. The molecule has 0 atom stereocenters. The predicted octanol–water partition coefficient (Wildman–Crippen LogP) is 2.41. The zero-order valence-corrected chi connectivity index (χ0v) is 15.3. The summed E-state index contributed by atoms with van der Waals surface area (Å²) in [6, 6.07) is 12.7. The van der Waals surface area contributed by atoms with Gasteiger partial charge in [-0.25, -0.2) is 17.9 Å². The largest absolute Gasteiger partial charge is 0.465 e. The number of hydrogen-bond donors (Lipinski definition) is 1. The number of ether oxygens (including phenoxy) is 1. The summed E-state index contributed by atoms with van der Waals surface area (Å²) in [7, 11) is -2.49. The molecule has 0 saturated heterocycles. The summed E-state index contributed by atoms with van der Waals surface area (Å²) in [5.41, 5.74) is 2.46. The minimum atomic E-state index is -3.75. The van der Waals surface area contributed by atoms with Crippen molar-refractivity contribution < 1.29 is 17.9 Å². The van der Waals surface area contributed by atoms with E-state index in [9.17, 15) is 13.2 Å². The first-order valence-corrected chi connectivity index (χ1v) is 9.52. The fraction of sp³-hybridized carbons (Fsp3) is 0.105. The second-order valence-corrected chi connectivity index (χ2v) is 7.36. The van der Waals surface area contributed by atoms with Gasteiger partial charge in [0.05, 0.1) is 23.3 Å². The van der Waals surface area contributed by atoms with Crippen LogP contribution in [0.2, 0.25) is 0 Å². The summed E-state index contributed by atoms with van der Waals surface area (Å²) in [4.78, 5) is 19.9. The maximum Gasteiger partial charge on any atom is 0.337 e. The second-order valence-electron chi connectivity index (χ2n) is 5.59. The maximum absolute atomic E-state index is 12.5. The number of hydrogen-bond acceptors (Lipinski definition) is 6. The highest BCUT2D eigenvalue weighted by molar-refractivity contribution is 7.89. The van der Waals surface area contributed by atoms with E-state index >= 15 is 0 Å². The first-order valence-electron chi connectivity index (χ1n) is 8.03. The summed E-state index contributed by atoms with van der Waals surface area (Å²) in [5, 5.41) is 0. The van der Waals surface area contributed by atoms with Gasteiger partial charge in [0.1, 0.15) is 0 Å². The first-order chi connectivity index (χ1) is 13.0. The number of pyridine rings is 2. The van der Waals surface area contributed by atoms with Crippen LogP contribution in [0.5, 0.6) is 0 Å². The molecule has 138 valence electrons. The van der Waals surface area contributed by atoms with Crippen LogP contribution in [0, 0.1) is 0 Å². The van der Waals surface area contributed by atoms with Crippen LogP contribution in [0.3, 0.4) is 0 Å². The van der Waals surface area contributed by atoms with E-state index in [1.54, 1.807) is 36.8 Å². The number of esters is 1. The average molecular weight is 383 g/mol. The summed E-state index contributed by atoms with van der Waals surface area (Å²) in [6.07, 6.45) is 4.98. The number of carbonyl (C=O) groups excluding carboxylic acids is 1. The number of methoxy groups -OCH3 is 1. The molecule has 0 radical (unpaired) electrons. The Morgan fingerprint density at radius 1 is 1.07 bits per heavy atom. The standard InChI is InChI=1S/C19H17N3O4S/c1-26-19(23)14-6-8-17(9-7-14)27(24,25)22-13-16-5-3-11-21-18(16)15-4-2-10-20-12-15/h2-12,22H,13H2,1H3. The third-order valence-electron chi connectivity index (χ3n) is 3.86. The van der Waals surface area contributed by atoms with Crippen LogP contribution in [-0.2, 0) is 21.3 Å². The molecule has 0 aliphatic carbocycles. The van der Waals surface area contributed by atoms with E-state index in [1.807, 2.05) is 6.07 Å². The smallest absolute Gasteiger partial charge is 0.337 e. The normalized spacial score (nSPS) is 11.1. The SMILES string of the molecule is COC(=O)c1ccc(S(=O)(=O)NCc2cccnc2-c2cccnc2)cc1. The van der Waals surface area contributed by atoms with Gasteiger partial charge in [0.2, 0.25) is 10.0 Å². The number of nitrogens with zero attached hydrogens (tertiary/aromatic N) is 2. The molecule has 0 bridgehead atoms. The third kappa shape index (κ3) is 4.36. The lowest BCUT2D eigenvalue weighted by molar-refractivity contribution is 0.0600. The molecule has 0 amide bonds. The van der Waals surface area contributed by atoms with E-state index in [4.69, 9.17) is 0 Å². The maximum atomic E-state index is 12.5. The van der Waals surface area contributed by atoms with E-state index in [2.05, 4.69) is 19.4 Å². The van der Waals surface area contributed by atoms with Gasteiger partial charge in [-0.2, -0.15) is 0 Å². The minimum Gasteiger partial charge on any atom is -0.465 e. The molecule has 0 aliphatic heterocycles. The quantitative estimate of drug-likeness (QED) is 0.657. The van der Waals surface area contributed by atoms with Crippen molar-refractivity contribution in [1.29, 1.82) is 0 Å². The summed E-state index contributed by atoms with van der Waals surface area (Å²) in [5.74, 6) is -0.525. The third-order valence-corrected chi connectivity index (χ3v) is 5.28. The second kappa shape index (κ2) is 8.07. The van der Waals surface area contributed by atoms with Gasteiger partial charge in [0.25, 0.3) is 0 Å². The van der Waals surface area contributed by atoms with Crippen LogP contribution in [0.4, 0.5) is 0 Å². The number of rotatable bonds is 6. The highest BCUT2D eigenvalue weighted by Gasteiger charge is 2.16. The lowest BCUT2D eigenvalue weighted by Gasteiger charge is -2.10. The minimum absolute atomic E-state index is 0.0574. The van der Waals surface area contributed by atoms with Gasteiger partial charge in [-0.1, -0.05) is 6.07 Å². The van der Waals surface area contributed by atoms with Gasteiger partial charge in [-0.3, -0.25) is 9.97 Å². The van der Waals surface area contributed by atoms with E-state index in [-0.39, 0.29) is 17.0 Å². The molecular formula is C19H17N3O4S. The summed E-state index contributed by atoms with van der Waals surface area (Å²) < 4.78 is 32.3. The number of nitrogens with one attached hydrogen (secondary N) is 1. The molecule has 2 aromatic heterocycles. The van der Waals surface area contributed by atoms with Crippen molar-refractivity contribution in [1.82, 2.24) is 14.7 Å². The van der Waals surface area contributed by atoms with Crippen LogP contribution < -0.4 is 4.72 Å². The highest BCUT2D eigenvalue weighted by Crippen LogP contribution is 2.20. The zero-order valence-electron chi connectivity index (χ0n) is 14.5. The van der Waals surface area contributed by atoms with Gasteiger partial charge in [-0.05, 0) is 48.0 Å². The molecule has 0 fully saturated rings. The van der Waals surface area contributed by atoms with Gasteiger partial charge in [0, 0.05) is 30.7 Å². The van der Waals surface area contributed by atoms with Crippen molar-refractivity contribution in [3.05, 3.63) is 78.2 Å². The zero-order chi connectivity index (χ0) is 19.3. The van der Waals surface area contributed by atoms with E-state index in [1.165, 1.54) is 31.4 Å². The number of carbonyl (C=O) groups is 1. The van der Waals surface area contributed by atoms with E-state index < -0.39 is 16.0 Å². The lowest BCUT2D eigenvalue weighted by atomic mass is 10.1. The van der Waals surface area contributed by atoms with Crippen molar-refractivity contribution >= 4 is 16.0 Å². The number of benzene rings is 1. The molecule has 0 spiro atoms. The van der Waals surface area contributed by atoms with Crippen molar-refractivity contribution in [2.45, 2.75) is 11.4 Å². The Hall–Kier alpha value is -3.10. The summed E-state index contributed by atoms with van der Waals surface area (Å²) >= 11 is 0. The molecule has 8 heteroatoms. The highest BCUT2D eigenvalue weighted by atomic mass is 32.2. The van der Waals surface area contributed by atoms with E-state index in [0.717, 1.165) is 11.1 Å². The summed E-state index contributed by atoms with van der Waals surface area (Å²) in [6.45, 7) is 0.0686. The molecule has 2 heterocycles. The van der Waals surface area contributed by atoms with Crippen molar-refractivity contribution in [2.75, 3.05) is 7.11 Å². The van der Waals surface area contributed by atoms with Gasteiger partial charge >= 0.3 is 5.97 Å². The van der Waals surface area contributed by atoms with Crippen LogP contribution in [0.1, 0.15) is 15.9 Å². The fourth-order valence-electron chi connectivity index (χ4n) is 2.49. The molecule has 0 aliphatic rings. The molecule has 0 saturated carbocycles. The van der Waals surface area contributed by atoms with Crippen LogP contribution >= 0.6 is 0 Å². The fourth-order valence-corrected chi connectivity index (χ4v) is 3.49. The topological polar surface area (TPSA) is 98.2 Å². The monoisotopic (exact) mass is 383 g/mol. The number of aromatic nitrogens is 2. The Kier molecular flexibility index (Phi) is 5.58. The Bertz CT molecular complexity index is 1040. The van der Waals surface area contributed by atoms with Crippen molar-refractivity contribution in [3.63, 3.8) is 0 Å². The van der Waals surface area contributed by atoms with Gasteiger partial charge in [0.15, 0.2) is 0 Å². The molecule has 27 heavy (non-hydrogen) atoms. The average Bonchev–Trinajstić information content (AvgIpc) is 2.72. The molecule has 3 aromatic rings.